The van der Waals surface area contributed by atoms with Crippen molar-refractivity contribution in [2.24, 2.45) is 0 Å². The van der Waals surface area contributed by atoms with Crippen molar-refractivity contribution >= 4 is 6.03 Å². The van der Waals surface area contributed by atoms with Crippen LogP contribution in [0.2, 0.25) is 0 Å². The third kappa shape index (κ3) is 2.86. The second kappa shape index (κ2) is 5.50. The van der Waals surface area contributed by atoms with Crippen LogP contribution >= 0.6 is 0 Å². The van der Waals surface area contributed by atoms with E-state index in [9.17, 15) is 4.79 Å². The molecule has 2 amide bonds. The molecule has 0 saturated carbocycles. The van der Waals surface area contributed by atoms with Crippen molar-refractivity contribution in [1.29, 1.82) is 0 Å². The van der Waals surface area contributed by atoms with Crippen LogP contribution in [0.3, 0.4) is 0 Å². The summed E-state index contributed by atoms with van der Waals surface area (Å²) in [5.74, 6) is 0. The quantitative estimate of drug-likeness (QED) is 0.720. The summed E-state index contributed by atoms with van der Waals surface area (Å²) < 4.78 is 5.61. The number of carbonyl (C=O) groups is 1. The van der Waals surface area contributed by atoms with Gasteiger partial charge in [0.2, 0.25) is 0 Å². The fourth-order valence-corrected chi connectivity index (χ4v) is 2.19. The molecule has 2 rings (SSSR count). The average molecular weight is 227 g/mol. The van der Waals surface area contributed by atoms with Crippen LogP contribution in [-0.4, -0.2) is 55.9 Å². The largest absolute Gasteiger partial charge is 0.376 e. The second-order valence-electron chi connectivity index (χ2n) is 4.49. The Hall–Kier alpha value is -0.810. The number of amides is 2. The number of morpholine rings is 1. The summed E-state index contributed by atoms with van der Waals surface area (Å²) in [6.45, 7) is 6.38. The molecule has 5 nitrogen and oxygen atoms in total. The molecule has 2 fully saturated rings. The Kier molecular flexibility index (Phi) is 4.01. The molecule has 2 atom stereocenters. The van der Waals surface area contributed by atoms with Crippen molar-refractivity contribution in [2.45, 2.75) is 31.9 Å². The minimum Gasteiger partial charge on any atom is -0.376 e. The first-order chi connectivity index (χ1) is 7.79. The fraction of sp³-hybridized carbons (Fsp3) is 0.909. The van der Waals surface area contributed by atoms with E-state index in [0.717, 1.165) is 45.6 Å². The van der Waals surface area contributed by atoms with Gasteiger partial charge in [0.05, 0.1) is 12.7 Å². The highest BCUT2D eigenvalue weighted by atomic mass is 16.5. The van der Waals surface area contributed by atoms with Crippen LogP contribution < -0.4 is 10.6 Å². The molecule has 2 aliphatic heterocycles. The maximum atomic E-state index is 11.6. The molecule has 0 aromatic rings. The van der Waals surface area contributed by atoms with E-state index in [4.69, 9.17) is 4.74 Å². The Morgan fingerprint density at radius 3 is 3.06 bits per heavy atom. The lowest BCUT2D eigenvalue weighted by Gasteiger charge is -2.25. The van der Waals surface area contributed by atoms with Gasteiger partial charge in [-0.3, -0.25) is 0 Å². The monoisotopic (exact) mass is 227 g/mol. The molecule has 0 aliphatic carbocycles. The van der Waals surface area contributed by atoms with Crippen LogP contribution in [0.5, 0.6) is 0 Å². The highest BCUT2D eigenvalue weighted by molar-refractivity contribution is 5.76. The zero-order valence-corrected chi connectivity index (χ0v) is 9.87. The molecule has 16 heavy (non-hydrogen) atoms. The summed E-state index contributed by atoms with van der Waals surface area (Å²) in [7, 11) is 0. The number of hydrogen-bond acceptors (Lipinski definition) is 3. The summed E-state index contributed by atoms with van der Waals surface area (Å²) >= 11 is 0. The Morgan fingerprint density at radius 2 is 2.44 bits per heavy atom. The molecule has 92 valence electrons. The van der Waals surface area contributed by atoms with E-state index >= 15 is 0 Å². The molecular weight excluding hydrogens is 206 g/mol. The van der Waals surface area contributed by atoms with E-state index in [1.165, 1.54) is 0 Å². The Balaban J connectivity index is 1.71. The van der Waals surface area contributed by atoms with Gasteiger partial charge in [0.25, 0.3) is 0 Å². The van der Waals surface area contributed by atoms with Gasteiger partial charge < -0.3 is 20.3 Å². The van der Waals surface area contributed by atoms with Gasteiger partial charge in [0, 0.05) is 32.2 Å². The van der Waals surface area contributed by atoms with E-state index in [0.29, 0.717) is 6.04 Å². The number of carbonyl (C=O) groups excluding carboxylic acids is 1. The number of nitrogens with zero attached hydrogens (tertiary/aromatic N) is 1. The zero-order valence-electron chi connectivity index (χ0n) is 9.87. The molecule has 0 spiro atoms. The lowest BCUT2D eigenvalue weighted by Crippen LogP contribution is -2.41. The molecule has 2 heterocycles. The highest BCUT2D eigenvalue weighted by Crippen LogP contribution is 2.10. The first kappa shape index (κ1) is 11.7. The van der Waals surface area contributed by atoms with Crippen molar-refractivity contribution in [2.75, 3.05) is 32.8 Å². The smallest absolute Gasteiger partial charge is 0.317 e. The molecule has 2 N–H and O–H groups in total. The van der Waals surface area contributed by atoms with Gasteiger partial charge in [-0.05, 0) is 12.8 Å². The normalized spacial score (nSPS) is 30.6. The molecule has 2 unspecified atom stereocenters. The summed E-state index contributed by atoms with van der Waals surface area (Å²) in [6, 6.07) is 0.411. The third-order valence-corrected chi connectivity index (χ3v) is 3.27. The van der Waals surface area contributed by atoms with Crippen LogP contribution in [0, 0.1) is 0 Å². The minimum absolute atomic E-state index is 0.0793. The highest BCUT2D eigenvalue weighted by Gasteiger charge is 2.27. The number of nitrogens with one attached hydrogen (secondary N) is 2. The van der Waals surface area contributed by atoms with Crippen molar-refractivity contribution < 1.29 is 9.53 Å². The zero-order chi connectivity index (χ0) is 11.4. The molecule has 0 aromatic heterocycles. The third-order valence-electron chi connectivity index (χ3n) is 3.27. The van der Waals surface area contributed by atoms with Crippen LogP contribution in [-0.2, 0) is 4.74 Å². The number of hydrogen-bond donors (Lipinski definition) is 2. The van der Waals surface area contributed by atoms with Gasteiger partial charge in [-0.1, -0.05) is 6.92 Å². The molecule has 0 aromatic carbocycles. The van der Waals surface area contributed by atoms with Gasteiger partial charge >= 0.3 is 6.03 Å². The maximum Gasteiger partial charge on any atom is 0.317 e. The van der Waals surface area contributed by atoms with Crippen LogP contribution in [0.25, 0.3) is 0 Å². The van der Waals surface area contributed by atoms with Crippen molar-refractivity contribution in [1.82, 2.24) is 15.5 Å². The average Bonchev–Trinajstić information content (AvgIpc) is 2.69. The molecule has 5 heteroatoms. The molecule has 2 aliphatic rings. The first-order valence-electron chi connectivity index (χ1n) is 6.17. The summed E-state index contributed by atoms with van der Waals surface area (Å²) in [4.78, 5) is 13.5. The topological polar surface area (TPSA) is 53.6 Å². The second-order valence-corrected chi connectivity index (χ2v) is 4.49. The van der Waals surface area contributed by atoms with Crippen LogP contribution in [0.1, 0.15) is 19.8 Å². The van der Waals surface area contributed by atoms with Crippen molar-refractivity contribution in [3.05, 3.63) is 0 Å². The van der Waals surface area contributed by atoms with Crippen LogP contribution in [0.4, 0.5) is 4.79 Å². The first-order valence-corrected chi connectivity index (χ1v) is 6.17. The van der Waals surface area contributed by atoms with E-state index in [1.54, 1.807) is 0 Å². The predicted octanol–water partition coefficient (Wildman–Crippen LogP) is 0.169. The molecular formula is C11H21N3O2. The van der Waals surface area contributed by atoms with Gasteiger partial charge in [0.1, 0.15) is 0 Å². The van der Waals surface area contributed by atoms with E-state index < -0.39 is 0 Å². The minimum atomic E-state index is 0.0793. The molecule has 2 saturated heterocycles. The lowest BCUT2D eigenvalue weighted by molar-refractivity contribution is 0.0201. The van der Waals surface area contributed by atoms with Gasteiger partial charge in [-0.2, -0.15) is 0 Å². The summed E-state index contributed by atoms with van der Waals surface area (Å²) in [5.41, 5.74) is 0. The van der Waals surface area contributed by atoms with Gasteiger partial charge in [-0.25, -0.2) is 4.79 Å². The lowest BCUT2D eigenvalue weighted by atomic mass is 10.2. The molecule has 0 bridgehead atoms. The number of urea groups is 1. The number of rotatable bonds is 4. The van der Waals surface area contributed by atoms with Crippen molar-refractivity contribution in [3.8, 4) is 0 Å². The van der Waals surface area contributed by atoms with E-state index in [-0.39, 0.29) is 12.1 Å². The predicted molar refractivity (Wildman–Crippen MR) is 61.4 cm³/mol. The van der Waals surface area contributed by atoms with Crippen molar-refractivity contribution in [3.63, 3.8) is 0 Å². The Labute approximate surface area is 96.5 Å². The fourth-order valence-electron chi connectivity index (χ4n) is 2.19. The van der Waals surface area contributed by atoms with Gasteiger partial charge in [0.15, 0.2) is 0 Å². The maximum absolute atomic E-state index is 11.6. The van der Waals surface area contributed by atoms with Gasteiger partial charge in [-0.15, -0.1) is 0 Å². The van der Waals surface area contributed by atoms with E-state index in [2.05, 4.69) is 17.6 Å². The summed E-state index contributed by atoms with van der Waals surface area (Å²) in [6.07, 6.45) is 2.20. The SMILES string of the molecule is CCC1CN(CCC2CNCCO2)C(=O)N1. The van der Waals surface area contributed by atoms with E-state index in [1.807, 2.05) is 4.90 Å². The summed E-state index contributed by atoms with van der Waals surface area (Å²) in [5, 5.41) is 6.27. The molecule has 0 radical (unpaired) electrons. The van der Waals surface area contributed by atoms with Crippen LogP contribution in [0.15, 0.2) is 0 Å². The number of ether oxygens (including phenoxy) is 1. The Morgan fingerprint density at radius 1 is 1.56 bits per heavy atom. The standard InChI is InChI=1S/C11H21N3O2/c1-2-9-8-14(11(15)13-9)5-3-10-7-12-4-6-16-10/h9-10,12H,2-8H2,1H3,(H,13,15). The Bertz CT molecular complexity index is 241.